The van der Waals surface area contributed by atoms with Gasteiger partial charge in [0.05, 0.1) is 5.56 Å². The normalized spacial score (nSPS) is 9.77. The number of anilines is 1. The van der Waals surface area contributed by atoms with Crippen LogP contribution in [0.4, 0.5) is 5.69 Å². The highest BCUT2D eigenvalue weighted by Crippen LogP contribution is 2.14. The fourth-order valence-corrected chi connectivity index (χ4v) is 1.10. The molecule has 0 atom stereocenters. The fraction of sp³-hybridized carbons (Fsp3) is 0.300. The smallest absolute Gasteiger partial charge is 0.255 e. The van der Waals surface area contributed by atoms with Gasteiger partial charge in [0.25, 0.3) is 5.91 Å². The molecular weight excluding hydrogens is 164 g/mol. The summed E-state index contributed by atoms with van der Waals surface area (Å²) in [6.45, 7) is 1.94. The molecule has 0 aliphatic heterocycles. The molecule has 0 saturated heterocycles. The van der Waals surface area contributed by atoms with Crippen LogP contribution in [0.1, 0.15) is 15.9 Å². The maximum atomic E-state index is 11.6. The third kappa shape index (κ3) is 1.99. The summed E-state index contributed by atoms with van der Waals surface area (Å²) in [6.07, 6.45) is 0. The van der Waals surface area contributed by atoms with Crippen molar-refractivity contribution < 1.29 is 4.79 Å². The molecule has 0 fully saturated rings. The van der Waals surface area contributed by atoms with Crippen molar-refractivity contribution in [2.75, 3.05) is 19.8 Å². The van der Waals surface area contributed by atoms with Crippen molar-refractivity contribution in [3.05, 3.63) is 29.3 Å². The summed E-state index contributed by atoms with van der Waals surface area (Å²) >= 11 is 0. The number of benzene rings is 1. The number of amides is 1. The van der Waals surface area contributed by atoms with E-state index in [2.05, 4.69) is 0 Å². The third-order valence-corrected chi connectivity index (χ3v) is 1.85. The molecule has 1 aromatic rings. The monoisotopic (exact) mass is 178 g/mol. The molecule has 0 aliphatic rings. The SMILES string of the molecule is Cc1ccc(N)c(C(=O)N(C)C)c1. The average Bonchev–Trinajstić information content (AvgIpc) is 2.08. The number of aryl methyl sites for hydroxylation is 1. The quantitative estimate of drug-likeness (QED) is 0.658. The van der Waals surface area contributed by atoms with Crippen molar-refractivity contribution in [2.24, 2.45) is 0 Å². The lowest BCUT2D eigenvalue weighted by Gasteiger charge is -2.12. The van der Waals surface area contributed by atoms with E-state index >= 15 is 0 Å². The summed E-state index contributed by atoms with van der Waals surface area (Å²) < 4.78 is 0. The summed E-state index contributed by atoms with van der Waals surface area (Å²) in [5.74, 6) is -0.0544. The van der Waals surface area contributed by atoms with Gasteiger partial charge in [-0.2, -0.15) is 0 Å². The minimum atomic E-state index is -0.0544. The molecule has 3 nitrogen and oxygen atoms in total. The Bertz CT molecular complexity index is 332. The zero-order chi connectivity index (χ0) is 10.0. The molecule has 1 amide bonds. The number of nitrogens with zero attached hydrogens (tertiary/aromatic N) is 1. The van der Waals surface area contributed by atoms with Crippen molar-refractivity contribution >= 4 is 11.6 Å². The maximum absolute atomic E-state index is 11.6. The molecule has 1 aromatic carbocycles. The highest BCUT2D eigenvalue weighted by Gasteiger charge is 2.10. The Labute approximate surface area is 78.2 Å². The second-order valence-electron chi connectivity index (χ2n) is 3.29. The van der Waals surface area contributed by atoms with Gasteiger partial charge in [0, 0.05) is 19.8 Å². The van der Waals surface area contributed by atoms with Gasteiger partial charge in [-0.3, -0.25) is 4.79 Å². The van der Waals surface area contributed by atoms with Crippen LogP contribution < -0.4 is 5.73 Å². The van der Waals surface area contributed by atoms with E-state index in [0.29, 0.717) is 11.3 Å². The van der Waals surface area contributed by atoms with Crippen LogP contribution in [0.3, 0.4) is 0 Å². The molecule has 0 aliphatic carbocycles. The molecule has 0 unspecified atom stereocenters. The first-order chi connectivity index (χ1) is 6.02. The first-order valence-corrected chi connectivity index (χ1v) is 4.10. The molecule has 0 heterocycles. The maximum Gasteiger partial charge on any atom is 0.255 e. The lowest BCUT2D eigenvalue weighted by molar-refractivity contribution is 0.0828. The summed E-state index contributed by atoms with van der Waals surface area (Å²) in [7, 11) is 3.42. The number of nitrogens with two attached hydrogens (primary N) is 1. The number of hydrogen-bond donors (Lipinski definition) is 1. The van der Waals surface area contributed by atoms with Gasteiger partial charge < -0.3 is 10.6 Å². The average molecular weight is 178 g/mol. The zero-order valence-electron chi connectivity index (χ0n) is 8.16. The van der Waals surface area contributed by atoms with Gasteiger partial charge in [0.15, 0.2) is 0 Å². The van der Waals surface area contributed by atoms with Crippen LogP contribution in [0.25, 0.3) is 0 Å². The highest BCUT2D eigenvalue weighted by molar-refractivity contribution is 5.98. The number of carbonyl (C=O) groups excluding carboxylic acids is 1. The standard InChI is InChI=1S/C10H14N2O/c1-7-4-5-9(11)8(6-7)10(13)12(2)3/h4-6H,11H2,1-3H3. The Morgan fingerprint density at radius 2 is 2.00 bits per heavy atom. The van der Waals surface area contributed by atoms with E-state index in [1.54, 1.807) is 26.2 Å². The molecule has 70 valence electrons. The molecule has 1 rings (SSSR count). The van der Waals surface area contributed by atoms with Crippen LogP contribution in [0, 0.1) is 6.92 Å². The number of hydrogen-bond acceptors (Lipinski definition) is 2. The molecule has 3 heteroatoms. The first-order valence-electron chi connectivity index (χ1n) is 4.10. The number of carbonyl (C=O) groups is 1. The molecule has 13 heavy (non-hydrogen) atoms. The number of nitrogen functional groups attached to an aromatic ring is 1. The Balaban J connectivity index is 3.13. The van der Waals surface area contributed by atoms with Crippen LogP contribution in [0.15, 0.2) is 18.2 Å². The highest BCUT2D eigenvalue weighted by atomic mass is 16.2. The third-order valence-electron chi connectivity index (χ3n) is 1.85. The van der Waals surface area contributed by atoms with Crippen LogP contribution >= 0.6 is 0 Å². The van der Waals surface area contributed by atoms with E-state index in [0.717, 1.165) is 5.56 Å². The molecule has 0 radical (unpaired) electrons. The summed E-state index contributed by atoms with van der Waals surface area (Å²) in [4.78, 5) is 13.1. The molecule has 2 N–H and O–H groups in total. The Hall–Kier alpha value is -1.51. The van der Waals surface area contributed by atoms with Gasteiger partial charge >= 0.3 is 0 Å². The topological polar surface area (TPSA) is 46.3 Å². The van der Waals surface area contributed by atoms with Crippen molar-refractivity contribution in [1.29, 1.82) is 0 Å². The first kappa shape index (κ1) is 9.58. The van der Waals surface area contributed by atoms with Gasteiger partial charge in [-0.25, -0.2) is 0 Å². The molecule has 0 spiro atoms. The van der Waals surface area contributed by atoms with Gasteiger partial charge in [0.1, 0.15) is 0 Å². The zero-order valence-corrected chi connectivity index (χ0v) is 8.16. The van der Waals surface area contributed by atoms with E-state index in [9.17, 15) is 4.79 Å². The molecule has 0 bridgehead atoms. The Morgan fingerprint density at radius 1 is 1.38 bits per heavy atom. The predicted molar refractivity (Wildman–Crippen MR) is 53.6 cm³/mol. The molecule has 0 aromatic heterocycles. The second-order valence-corrected chi connectivity index (χ2v) is 3.29. The fourth-order valence-electron chi connectivity index (χ4n) is 1.10. The summed E-state index contributed by atoms with van der Waals surface area (Å²) in [6, 6.07) is 5.45. The Morgan fingerprint density at radius 3 is 2.54 bits per heavy atom. The molecule has 0 saturated carbocycles. The van der Waals surface area contributed by atoms with Gasteiger partial charge in [-0.1, -0.05) is 11.6 Å². The van der Waals surface area contributed by atoms with Crippen molar-refractivity contribution in [1.82, 2.24) is 4.90 Å². The largest absolute Gasteiger partial charge is 0.398 e. The van der Waals surface area contributed by atoms with E-state index in [1.807, 2.05) is 13.0 Å². The van der Waals surface area contributed by atoms with Crippen LogP contribution in [0.2, 0.25) is 0 Å². The van der Waals surface area contributed by atoms with Crippen LogP contribution in [-0.2, 0) is 0 Å². The van der Waals surface area contributed by atoms with Gasteiger partial charge in [0.2, 0.25) is 0 Å². The Kier molecular flexibility index (Phi) is 2.56. The predicted octanol–water partition coefficient (Wildman–Crippen LogP) is 1.28. The summed E-state index contributed by atoms with van der Waals surface area (Å²) in [5.41, 5.74) is 7.83. The number of rotatable bonds is 1. The minimum Gasteiger partial charge on any atom is -0.398 e. The van der Waals surface area contributed by atoms with Crippen molar-refractivity contribution in [3.63, 3.8) is 0 Å². The lowest BCUT2D eigenvalue weighted by atomic mass is 10.1. The van der Waals surface area contributed by atoms with Gasteiger partial charge in [-0.15, -0.1) is 0 Å². The van der Waals surface area contributed by atoms with Crippen molar-refractivity contribution in [2.45, 2.75) is 6.92 Å². The van der Waals surface area contributed by atoms with E-state index in [4.69, 9.17) is 5.73 Å². The van der Waals surface area contributed by atoms with Crippen LogP contribution in [-0.4, -0.2) is 24.9 Å². The minimum absolute atomic E-state index is 0.0544. The van der Waals surface area contributed by atoms with Gasteiger partial charge in [-0.05, 0) is 19.1 Å². The van der Waals surface area contributed by atoms with E-state index in [-0.39, 0.29) is 5.91 Å². The second kappa shape index (κ2) is 3.47. The summed E-state index contributed by atoms with van der Waals surface area (Å²) in [5, 5.41) is 0. The van der Waals surface area contributed by atoms with E-state index in [1.165, 1.54) is 4.90 Å². The van der Waals surface area contributed by atoms with E-state index < -0.39 is 0 Å². The molecular formula is C10H14N2O. The van der Waals surface area contributed by atoms with Crippen molar-refractivity contribution in [3.8, 4) is 0 Å². The lowest BCUT2D eigenvalue weighted by Crippen LogP contribution is -2.22. The van der Waals surface area contributed by atoms with Crippen LogP contribution in [0.5, 0.6) is 0 Å².